The smallest absolute Gasteiger partial charge is 0.159 e. The molecule has 0 aliphatic heterocycles. The van der Waals surface area contributed by atoms with Crippen molar-refractivity contribution in [2.24, 2.45) is 0 Å². The summed E-state index contributed by atoms with van der Waals surface area (Å²) in [4.78, 5) is 0. The van der Waals surface area contributed by atoms with Gasteiger partial charge >= 0.3 is 0 Å². The van der Waals surface area contributed by atoms with Crippen molar-refractivity contribution in [3.8, 4) is 0 Å². The molecule has 2 N–H and O–H groups in total. The van der Waals surface area contributed by atoms with E-state index in [-0.39, 0.29) is 13.2 Å². The van der Waals surface area contributed by atoms with Crippen LogP contribution in [-0.2, 0) is 19.8 Å². The largest absolute Gasteiger partial charge is 0.388 e. The topological polar surface area (TPSA) is 71.2 Å². The van der Waals surface area contributed by atoms with Gasteiger partial charge in [-0.3, -0.25) is 0 Å². The van der Waals surface area contributed by atoms with Gasteiger partial charge in [-0.2, -0.15) is 0 Å². The highest BCUT2D eigenvalue weighted by atomic mass is 16.3. The summed E-state index contributed by atoms with van der Waals surface area (Å²) in [5, 5.41) is 25.8. The highest BCUT2D eigenvalue weighted by Crippen LogP contribution is 2.08. The second kappa shape index (κ2) is 4.87. The fraction of sp³-hybridized carbons (Fsp3) is 0.273. The molecule has 0 aliphatic rings. The monoisotopic (exact) mass is 219 g/mol. The van der Waals surface area contributed by atoms with Gasteiger partial charge in [0.1, 0.15) is 13.2 Å². The Bertz CT molecular complexity index is 432. The van der Waals surface area contributed by atoms with Crippen LogP contribution in [0.1, 0.15) is 17.2 Å². The van der Waals surface area contributed by atoms with Gasteiger partial charge in [0.25, 0.3) is 0 Å². The van der Waals surface area contributed by atoms with Gasteiger partial charge in [-0.15, -0.1) is 10.2 Å². The molecular weight excluding hydrogens is 206 g/mol. The summed E-state index contributed by atoms with van der Waals surface area (Å²) in [6.45, 7) is 0.194. The molecular formula is C11H13N3O2. The fourth-order valence-electron chi connectivity index (χ4n) is 1.55. The van der Waals surface area contributed by atoms with Crippen molar-refractivity contribution in [3.05, 3.63) is 47.5 Å². The lowest BCUT2D eigenvalue weighted by molar-refractivity contribution is 0.254. The third-order valence-electron chi connectivity index (χ3n) is 2.37. The Balaban J connectivity index is 2.29. The van der Waals surface area contributed by atoms with E-state index in [1.165, 1.54) is 0 Å². The van der Waals surface area contributed by atoms with Crippen LogP contribution in [0.3, 0.4) is 0 Å². The van der Waals surface area contributed by atoms with Crippen LogP contribution in [0.15, 0.2) is 30.3 Å². The Morgan fingerprint density at radius 1 is 0.938 bits per heavy atom. The molecule has 5 heteroatoms. The minimum Gasteiger partial charge on any atom is -0.388 e. The summed E-state index contributed by atoms with van der Waals surface area (Å²) >= 11 is 0. The Hall–Kier alpha value is -1.72. The number of hydrogen-bond acceptors (Lipinski definition) is 4. The molecule has 0 aliphatic carbocycles. The van der Waals surface area contributed by atoms with Crippen molar-refractivity contribution in [2.45, 2.75) is 19.8 Å². The summed E-state index contributed by atoms with van der Waals surface area (Å²) in [5.74, 6) is 0.931. The number of rotatable bonds is 4. The first kappa shape index (κ1) is 10.8. The van der Waals surface area contributed by atoms with Crippen molar-refractivity contribution in [1.82, 2.24) is 14.8 Å². The normalized spacial score (nSPS) is 10.6. The molecule has 0 amide bonds. The Morgan fingerprint density at radius 3 is 2.00 bits per heavy atom. The third kappa shape index (κ3) is 2.10. The Kier molecular flexibility index (Phi) is 3.28. The Morgan fingerprint density at radius 2 is 1.50 bits per heavy atom. The summed E-state index contributed by atoms with van der Waals surface area (Å²) in [6.07, 6.45) is 0. The van der Waals surface area contributed by atoms with Crippen LogP contribution in [0.25, 0.3) is 0 Å². The van der Waals surface area contributed by atoms with Crippen LogP contribution in [-0.4, -0.2) is 25.0 Å². The van der Waals surface area contributed by atoms with Crippen molar-refractivity contribution in [3.63, 3.8) is 0 Å². The minimum atomic E-state index is -0.181. The molecule has 0 bridgehead atoms. The molecule has 0 atom stereocenters. The van der Waals surface area contributed by atoms with Gasteiger partial charge in [-0.1, -0.05) is 30.3 Å². The molecule has 0 spiro atoms. The van der Waals surface area contributed by atoms with Gasteiger partial charge in [0, 0.05) is 0 Å². The molecule has 16 heavy (non-hydrogen) atoms. The average molecular weight is 219 g/mol. The van der Waals surface area contributed by atoms with Crippen LogP contribution in [0.4, 0.5) is 0 Å². The van der Waals surface area contributed by atoms with Crippen LogP contribution < -0.4 is 0 Å². The summed E-state index contributed by atoms with van der Waals surface area (Å²) < 4.78 is 1.72. The fourth-order valence-corrected chi connectivity index (χ4v) is 1.55. The van der Waals surface area contributed by atoms with Gasteiger partial charge in [-0.25, -0.2) is 0 Å². The zero-order valence-corrected chi connectivity index (χ0v) is 8.74. The van der Waals surface area contributed by atoms with Crippen LogP contribution in [0.5, 0.6) is 0 Å². The molecule has 2 rings (SSSR count). The van der Waals surface area contributed by atoms with Gasteiger partial charge in [0.15, 0.2) is 11.6 Å². The molecule has 0 fully saturated rings. The predicted octanol–water partition coefficient (Wildman–Crippen LogP) is 0.311. The highest BCUT2D eigenvalue weighted by molar-refractivity contribution is 5.16. The molecule has 1 aromatic heterocycles. The molecule has 0 unspecified atom stereocenters. The zero-order chi connectivity index (χ0) is 11.4. The van der Waals surface area contributed by atoms with E-state index in [1.807, 2.05) is 30.3 Å². The summed E-state index contributed by atoms with van der Waals surface area (Å²) in [6, 6.07) is 9.77. The maximum atomic E-state index is 9.10. The lowest BCUT2D eigenvalue weighted by Gasteiger charge is -2.07. The standard InChI is InChI=1S/C11H13N3O2/c15-7-10-12-13-11(8-16)14(10)6-9-4-2-1-3-5-9/h1-5,15-16H,6-8H2. The summed E-state index contributed by atoms with van der Waals surface area (Å²) in [5.41, 5.74) is 1.08. The molecule has 84 valence electrons. The molecule has 0 saturated heterocycles. The van der Waals surface area contributed by atoms with E-state index in [0.717, 1.165) is 5.56 Å². The predicted molar refractivity (Wildman–Crippen MR) is 57.4 cm³/mol. The number of nitrogens with zero attached hydrogens (tertiary/aromatic N) is 3. The van der Waals surface area contributed by atoms with E-state index in [2.05, 4.69) is 10.2 Å². The molecule has 0 saturated carbocycles. The zero-order valence-electron chi connectivity index (χ0n) is 8.74. The van der Waals surface area contributed by atoms with Crippen molar-refractivity contribution in [2.75, 3.05) is 0 Å². The van der Waals surface area contributed by atoms with Gasteiger partial charge in [0.2, 0.25) is 0 Å². The number of benzene rings is 1. The van der Waals surface area contributed by atoms with E-state index in [9.17, 15) is 0 Å². The van der Waals surface area contributed by atoms with Gasteiger partial charge < -0.3 is 14.8 Å². The van der Waals surface area contributed by atoms with Crippen LogP contribution >= 0.6 is 0 Å². The van der Waals surface area contributed by atoms with E-state index >= 15 is 0 Å². The maximum Gasteiger partial charge on any atom is 0.159 e. The van der Waals surface area contributed by atoms with E-state index in [0.29, 0.717) is 18.2 Å². The van der Waals surface area contributed by atoms with Crippen LogP contribution in [0, 0.1) is 0 Å². The quantitative estimate of drug-likeness (QED) is 0.776. The lowest BCUT2D eigenvalue weighted by atomic mass is 10.2. The number of aliphatic hydroxyl groups excluding tert-OH is 2. The summed E-state index contributed by atoms with van der Waals surface area (Å²) in [7, 11) is 0. The van der Waals surface area contributed by atoms with Gasteiger partial charge in [-0.05, 0) is 5.56 Å². The number of hydrogen-bond donors (Lipinski definition) is 2. The molecule has 1 aromatic carbocycles. The number of aliphatic hydroxyl groups is 2. The van der Waals surface area contributed by atoms with E-state index in [4.69, 9.17) is 10.2 Å². The Labute approximate surface area is 93.0 Å². The van der Waals surface area contributed by atoms with Gasteiger partial charge in [0.05, 0.1) is 6.54 Å². The molecule has 1 heterocycles. The first-order valence-electron chi connectivity index (χ1n) is 5.01. The molecule has 0 radical (unpaired) electrons. The first-order chi connectivity index (χ1) is 7.85. The number of aromatic nitrogens is 3. The third-order valence-corrected chi connectivity index (χ3v) is 2.37. The second-order valence-electron chi connectivity index (χ2n) is 3.42. The second-order valence-corrected chi connectivity index (χ2v) is 3.42. The minimum absolute atomic E-state index is 0.181. The SMILES string of the molecule is OCc1nnc(CO)n1Cc1ccccc1. The molecule has 2 aromatic rings. The lowest BCUT2D eigenvalue weighted by Crippen LogP contribution is -2.09. The highest BCUT2D eigenvalue weighted by Gasteiger charge is 2.10. The van der Waals surface area contributed by atoms with Crippen molar-refractivity contribution < 1.29 is 10.2 Å². The van der Waals surface area contributed by atoms with E-state index in [1.54, 1.807) is 4.57 Å². The van der Waals surface area contributed by atoms with Crippen LogP contribution in [0.2, 0.25) is 0 Å². The average Bonchev–Trinajstić information content (AvgIpc) is 2.72. The first-order valence-corrected chi connectivity index (χ1v) is 5.01. The van der Waals surface area contributed by atoms with Crippen molar-refractivity contribution >= 4 is 0 Å². The van der Waals surface area contributed by atoms with Crippen molar-refractivity contribution in [1.29, 1.82) is 0 Å². The molecule has 5 nitrogen and oxygen atoms in total. The maximum absolute atomic E-state index is 9.10. The van der Waals surface area contributed by atoms with E-state index < -0.39 is 0 Å².